The third kappa shape index (κ3) is 6.16. The van der Waals surface area contributed by atoms with Crippen LogP contribution >= 0.6 is 0 Å². The fourth-order valence-corrected chi connectivity index (χ4v) is 8.61. The van der Waals surface area contributed by atoms with Crippen molar-refractivity contribution in [3.63, 3.8) is 0 Å². The second-order valence-electron chi connectivity index (χ2n) is 11.3. The quantitative estimate of drug-likeness (QED) is 0.352. The number of carbonyl (C=O) groups is 1. The van der Waals surface area contributed by atoms with E-state index in [4.69, 9.17) is 4.74 Å². The number of hydrogen-bond acceptors (Lipinski definition) is 7. The van der Waals surface area contributed by atoms with E-state index >= 15 is 0 Å². The molecule has 1 saturated heterocycles. The first-order chi connectivity index (χ1) is 18.8. The van der Waals surface area contributed by atoms with Crippen molar-refractivity contribution in [3.8, 4) is 0 Å². The molecule has 0 aliphatic carbocycles. The van der Waals surface area contributed by atoms with Gasteiger partial charge in [-0.15, -0.1) is 0 Å². The maximum Gasteiger partial charge on any atom is 0.326 e. The largest absolute Gasteiger partial charge is 0.465 e. The van der Waals surface area contributed by atoms with Gasteiger partial charge in [0.1, 0.15) is 5.54 Å². The summed E-state index contributed by atoms with van der Waals surface area (Å²) in [5.41, 5.74) is 0.173. The van der Waals surface area contributed by atoms with Crippen molar-refractivity contribution >= 4 is 25.6 Å². The average Bonchev–Trinajstić information content (AvgIpc) is 3.35. The van der Waals surface area contributed by atoms with Gasteiger partial charge in [-0.2, -0.15) is 0 Å². The Hall–Kier alpha value is -3.01. The van der Waals surface area contributed by atoms with Crippen molar-refractivity contribution in [2.24, 2.45) is 0 Å². The van der Waals surface area contributed by atoms with Crippen LogP contribution in [0.1, 0.15) is 57.7 Å². The summed E-state index contributed by atoms with van der Waals surface area (Å²) in [4.78, 5) is 13.8. The summed E-state index contributed by atoms with van der Waals surface area (Å²) in [5, 5.41) is 2.27. The van der Waals surface area contributed by atoms with Crippen LogP contribution in [0, 0.1) is 0 Å². The molecule has 3 aromatic rings. The van der Waals surface area contributed by atoms with Crippen molar-refractivity contribution in [1.82, 2.24) is 5.32 Å². The van der Waals surface area contributed by atoms with Gasteiger partial charge in [0.05, 0.1) is 33.4 Å². The Balaban J connectivity index is 1.78. The first kappa shape index (κ1) is 30.0. The Morgan fingerprint density at radius 2 is 1.43 bits per heavy atom. The van der Waals surface area contributed by atoms with E-state index in [0.29, 0.717) is 5.56 Å². The molecule has 1 fully saturated rings. The third-order valence-electron chi connectivity index (χ3n) is 7.53. The summed E-state index contributed by atoms with van der Waals surface area (Å²) < 4.78 is 59.9. The number of hydrogen-bond donors (Lipinski definition) is 1. The standard InChI is InChI=1S/C31H37NO6S2/c1-5-38-29(33)31(20-21-39(34,35)25-12-8-6-9-13-25)22-27(40(36,37)26-14-10-7-11-15-26)28(32-31)23-16-18-24(19-17-23)30(2,3)4/h6-19,27-28,32H,5,20-22H2,1-4H3. The molecule has 1 aliphatic rings. The second kappa shape index (κ2) is 11.5. The van der Waals surface area contributed by atoms with Gasteiger partial charge in [-0.3, -0.25) is 10.1 Å². The lowest BCUT2D eigenvalue weighted by atomic mass is 9.86. The smallest absolute Gasteiger partial charge is 0.326 e. The predicted molar refractivity (Wildman–Crippen MR) is 156 cm³/mol. The number of benzene rings is 3. The number of sulfone groups is 2. The molecule has 1 heterocycles. The van der Waals surface area contributed by atoms with Crippen LogP contribution in [-0.2, 0) is 34.6 Å². The van der Waals surface area contributed by atoms with Crippen LogP contribution in [0.15, 0.2) is 94.7 Å². The summed E-state index contributed by atoms with van der Waals surface area (Å²) in [5.74, 6) is -1.00. The van der Waals surface area contributed by atoms with Crippen LogP contribution in [-0.4, -0.2) is 46.0 Å². The minimum Gasteiger partial charge on any atom is -0.465 e. The van der Waals surface area contributed by atoms with Gasteiger partial charge in [0, 0.05) is 0 Å². The normalized spacial score (nSPS) is 21.7. The average molecular weight is 584 g/mol. The van der Waals surface area contributed by atoms with Crippen molar-refractivity contribution < 1.29 is 26.4 Å². The zero-order valence-electron chi connectivity index (χ0n) is 23.3. The molecular formula is C31H37NO6S2. The highest BCUT2D eigenvalue weighted by molar-refractivity contribution is 7.92. The van der Waals surface area contributed by atoms with Crippen molar-refractivity contribution in [2.75, 3.05) is 12.4 Å². The topological polar surface area (TPSA) is 107 Å². The molecule has 0 radical (unpaired) electrons. The molecule has 0 saturated carbocycles. The van der Waals surface area contributed by atoms with Crippen molar-refractivity contribution in [1.29, 1.82) is 0 Å². The molecule has 1 N–H and O–H groups in total. The first-order valence-corrected chi connectivity index (χ1v) is 16.6. The van der Waals surface area contributed by atoms with Crippen LogP contribution < -0.4 is 5.32 Å². The van der Waals surface area contributed by atoms with Crippen LogP contribution in [0.2, 0.25) is 0 Å². The Labute approximate surface area is 237 Å². The van der Waals surface area contributed by atoms with Gasteiger partial charge in [0.2, 0.25) is 0 Å². The molecule has 3 atom stereocenters. The fourth-order valence-electron chi connectivity index (χ4n) is 5.22. The van der Waals surface area contributed by atoms with E-state index in [0.717, 1.165) is 5.56 Å². The number of esters is 1. The molecule has 3 aromatic carbocycles. The van der Waals surface area contributed by atoms with E-state index < -0.39 is 42.5 Å². The summed E-state index contributed by atoms with van der Waals surface area (Å²) in [7, 11) is -7.66. The van der Waals surface area contributed by atoms with Crippen molar-refractivity contribution in [2.45, 2.75) is 72.6 Å². The summed E-state index contributed by atoms with van der Waals surface area (Å²) >= 11 is 0. The van der Waals surface area contributed by atoms with Crippen LogP contribution in [0.3, 0.4) is 0 Å². The molecule has 0 amide bonds. The number of ether oxygens (including phenoxy) is 1. The zero-order chi connectivity index (χ0) is 29.2. The highest BCUT2D eigenvalue weighted by atomic mass is 32.2. The number of nitrogens with one attached hydrogen (secondary N) is 1. The molecule has 40 heavy (non-hydrogen) atoms. The molecule has 9 heteroatoms. The molecule has 0 spiro atoms. The molecule has 4 rings (SSSR count). The van der Waals surface area contributed by atoms with E-state index in [1.807, 2.05) is 24.3 Å². The molecule has 3 unspecified atom stereocenters. The van der Waals surface area contributed by atoms with Gasteiger partial charge in [-0.1, -0.05) is 81.4 Å². The lowest BCUT2D eigenvalue weighted by Gasteiger charge is -2.28. The van der Waals surface area contributed by atoms with E-state index in [1.165, 1.54) is 12.1 Å². The zero-order valence-corrected chi connectivity index (χ0v) is 25.0. The highest BCUT2D eigenvalue weighted by Gasteiger charge is 2.55. The number of rotatable bonds is 9. The van der Waals surface area contributed by atoms with E-state index in [1.54, 1.807) is 55.5 Å². The summed E-state index contributed by atoms with van der Waals surface area (Å²) in [6.45, 7) is 8.03. The van der Waals surface area contributed by atoms with Crippen molar-refractivity contribution in [3.05, 3.63) is 96.1 Å². The Morgan fingerprint density at radius 1 is 0.875 bits per heavy atom. The monoisotopic (exact) mass is 583 g/mol. The lowest BCUT2D eigenvalue weighted by molar-refractivity contribution is -0.150. The molecule has 214 valence electrons. The minimum atomic E-state index is -3.92. The molecule has 0 bridgehead atoms. The van der Waals surface area contributed by atoms with Crippen LogP contribution in [0.4, 0.5) is 0 Å². The third-order valence-corrected chi connectivity index (χ3v) is 11.4. The molecule has 0 aromatic heterocycles. The predicted octanol–water partition coefficient (Wildman–Crippen LogP) is 5.03. The Morgan fingerprint density at radius 3 is 1.95 bits per heavy atom. The van der Waals surface area contributed by atoms with E-state index in [2.05, 4.69) is 26.1 Å². The SMILES string of the molecule is CCOC(=O)C1(CCS(=O)(=O)c2ccccc2)CC(S(=O)(=O)c2ccccc2)C(c2ccc(C(C)(C)C)cc2)N1. The van der Waals surface area contributed by atoms with Gasteiger partial charge in [-0.05, 0) is 60.6 Å². The van der Waals surface area contributed by atoms with Gasteiger partial charge in [0.15, 0.2) is 19.7 Å². The Kier molecular flexibility index (Phi) is 8.59. The first-order valence-electron chi connectivity index (χ1n) is 13.4. The fraction of sp³-hybridized carbons (Fsp3) is 0.387. The van der Waals surface area contributed by atoms with Gasteiger partial charge < -0.3 is 4.74 Å². The summed E-state index contributed by atoms with van der Waals surface area (Å²) in [6.07, 6.45) is -0.264. The van der Waals surface area contributed by atoms with Crippen LogP contribution in [0.25, 0.3) is 0 Å². The van der Waals surface area contributed by atoms with E-state index in [9.17, 15) is 21.6 Å². The minimum absolute atomic E-state index is 0.0781. The summed E-state index contributed by atoms with van der Waals surface area (Å²) in [6, 6.07) is 23.1. The maximum absolute atomic E-state index is 14.0. The van der Waals surface area contributed by atoms with Gasteiger partial charge in [0.25, 0.3) is 0 Å². The second-order valence-corrected chi connectivity index (χ2v) is 15.6. The van der Waals surface area contributed by atoms with Crippen LogP contribution in [0.5, 0.6) is 0 Å². The lowest BCUT2D eigenvalue weighted by Crippen LogP contribution is -2.50. The van der Waals surface area contributed by atoms with Gasteiger partial charge in [-0.25, -0.2) is 16.8 Å². The highest BCUT2D eigenvalue weighted by Crippen LogP contribution is 2.43. The molecular weight excluding hydrogens is 546 g/mol. The maximum atomic E-state index is 14.0. The van der Waals surface area contributed by atoms with E-state index in [-0.39, 0.29) is 40.4 Å². The Bertz CT molecular complexity index is 1530. The molecule has 1 aliphatic heterocycles. The number of carbonyl (C=O) groups excluding carboxylic acids is 1. The van der Waals surface area contributed by atoms with Gasteiger partial charge >= 0.3 is 5.97 Å². The molecule has 7 nitrogen and oxygen atoms in total.